The van der Waals surface area contributed by atoms with E-state index < -0.39 is 0 Å². The zero-order chi connectivity index (χ0) is 19.6. The summed E-state index contributed by atoms with van der Waals surface area (Å²) in [5.74, 6) is -0.193. The van der Waals surface area contributed by atoms with E-state index in [1.165, 1.54) is 16.0 Å². The van der Waals surface area contributed by atoms with Crippen molar-refractivity contribution in [2.45, 2.75) is 6.42 Å². The second kappa shape index (κ2) is 7.87. The van der Waals surface area contributed by atoms with Crippen molar-refractivity contribution >= 4 is 55.8 Å². The Balaban J connectivity index is 1.26. The number of thiazole rings is 2. The first kappa shape index (κ1) is 18.2. The summed E-state index contributed by atoms with van der Waals surface area (Å²) < 4.78 is 1.21. The molecule has 29 heavy (non-hydrogen) atoms. The lowest BCUT2D eigenvalue weighted by atomic mass is 10.1. The predicted octanol–water partition coefficient (Wildman–Crippen LogP) is 6.32. The number of rotatable bonds is 5. The third kappa shape index (κ3) is 3.98. The van der Waals surface area contributed by atoms with Crippen LogP contribution < -0.4 is 5.32 Å². The molecule has 0 spiro atoms. The molecule has 142 valence electrons. The minimum atomic E-state index is -0.193. The normalized spacial score (nSPS) is 11.0. The van der Waals surface area contributed by atoms with Gasteiger partial charge in [0.25, 0.3) is 5.91 Å². The highest BCUT2D eigenvalue weighted by Gasteiger charge is 2.12. The highest BCUT2D eigenvalue weighted by molar-refractivity contribution is 7.18. The monoisotopic (exact) mass is 433 g/mol. The van der Waals surface area contributed by atoms with Crippen LogP contribution in [0.4, 0.5) is 5.69 Å². The van der Waals surface area contributed by atoms with Gasteiger partial charge in [0, 0.05) is 28.4 Å². The van der Waals surface area contributed by atoms with Gasteiger partial charge in [0.05, 0.1) is 15.2 Å². The van der Waals surface area contributed by atoms with E-state index in [-0.39, 0.29) is 5.91 Å². The Morgan fingerprint density at radius 2 is 1.83 bits per heavy atom. The number of nitrogens with one attached hydrogen (secondary N) is 1. The summed E-state index contributed by atoms with van der Waals surface area (Å²) >= 11 is 4.82. The number of benzene rings is 2. The van der Waals surface area contributed by atoms with Gasteiger partial charge in [0.2, 0.25) is 0 Å². The van der Waals surface area contributed by atoms with Gasteiger partial charge in [-0.25, -0.2) is 9.97 Å². The van der Waals surface area contributed by atoms with Crippen molar-refractivity contribution in [2.75, 3.05) is 5.32 Å². The molecule has 2 aromatic carbocycles. The Hall–Kier alpha value is -2.87. The second-order valence-corrected chi connectivity index (χ2v) is 9.21. The number of thiophene rings is 1. The molecule has 5 rings (SSSR count). The topological polar surface area (TPSA) is 54.9 Å². The minimum Gasteiger partial charge on any atom is -0.321 e. The number of carbonyl (C=O) groups excluding carboxylic acids is 1. The molecule has 3 aromatic heterocycles. The number of hydrogen-bond donors (Lipinski definition) is 1. The summed E-state index contributed by atoms with van der Waals surface area (Å²) in [6, 6.07) is 18.1. The molecule has 7 heteroatoms. The van der Waals surface area contributed by atoms with E-state index >= 15 is 0 Å². The molecule has 0 aliphatic carbocycles. The fourth-order valence-electron chi connectivity index (χ4n) is 2.97. The standard InChI is InChI=1S/C22H15N3OS3/c26-21(18-13-28-22(25-18)15-9-10-27-12-15)23-16-7-5-14(6-8-16)11-20-24-17-3-1-2-4-19(17)29-20/h1-10,12-13H,11H2,(H,23,26). The second-order valence-electron chi connectivity index (χ2n) is 6.45. The first-order valence-corrected chi connectivity index (χ1v) is 11.6. The van der Waals surface area contributed by atoms with Gasteiger partial charge in [-0.1, -0.05) is 24.3 Å². The van der Waals surface area contributed by atoms with Crippen LogP contribution in [0.15, 0.2) is 70.7 Å². The lowest BCUT2D eigenvalue weighted by molar-refractivity contribution is 0.102. The largest absolute Gasteiger partial charge is 0.321 e. The number of hydrogen-bond acceptors (Lipinski definition) is 6. The Kier molecular flexibility index (Phi) is 4.93. The maximum atomic E-state index is 12.5. The molecular weight excluding hydrogens is 418 g/mol. The Bertz CT molecular complexity index is 1240. The average Bonchev–Trinajstić information content (AvgIpc) is 3.49. The van der Waals surface area contributed by atoms with E-state index in [2.05, 4.69) is 21.4 Å². The zero-order valence-corrected chi connectivity index (χ0v) is 17.6. The van der Waals surface area contributed by atoms with Crippen molar-refractivity contribution in [3.8, 4) is 10.6 Å². The molecule has 0 unspecified atom stereocenters. The maximum absolute atomic E-state index is 12.5. The third-order valence-corrected chi connectivity index (χ3v) is 7.02. The van der Waals surface area contributed by atoms with E-state index in [1.807, 2.05) is 59.3 Å². The molecule has 1 N–H and O–H groups in total. The number of aromatic nitrogens is 2. The van der Waals surface area contributed by atoms with E-state index in [0.29, 0.717) is 5.69 Å². The highest BCUT2D eigenvalue weighted by Crippen LogP contribution is 2.26. The Morgan fingerprint density at radius 3 is 2.62 bits per heavy atom. The number of para-hydroxylation sites is 1. The van der Waals surface area contributed by atoms with Gasteiger partial charge < -0.3 is 5.32 Å². The van der Waals surface area contributed by atoms with Crippen LogP contribution in [0.3, 0.4) is 0 Å². The third-order valence-electron chi connectivity index (χ3n) is 4.41. The van der Waals surface area contributed by atoms with Crippen molar-refractivity contribution in [2.24, 2.45) is 0 Å². The van der Waals surface area contributed by atoms with Crippen LogP contribution in [0.1, 0.15) is 21.1 Å². The summed E-state index contributed by atoms with van der Waals surface area (Å²) in [6.07, 6.45) is 0.781. The van der Waals surface area contributed by atoms with Crippen LogP contribution in [-0.2, 0) is 6.42 Å². The van der Waals surface area contributed by atoms with Gasteiger partial charge in [-0.3, -0.25) is 4.79 Å². The first-order chi connectivity index (χ1) is 14.2. The van der Waals surface area contributed by atoms with Crippen molar-refractivity contribution in [3.63, 3.8) is 0 Å². The molecule has 0 atom stereocenters. The molecule has 0 aliphatic rings. The number of nitrogens with zero attached hydrogens (tertiary/aromatic N) is 2. The zero-order valence-electron chi connectivity index (χ0n) is 15.2. The summed E-state index contributed by atoms with van der Waals surface area (Å²) in [5.41, 5.74) is 4.46. The van der Waals surface area contributed by atoms with E-state index in [1.54, 1.807) is 28.1 Å². The summed E-state index contributed by atoms with van der Waals surface area (Å²) in [4.78, 5) is 21.6. The van der Waals surface area contributed by atoms with Crippen LogP contribution in [0.25, 0.3) is 20.8 Å². The molecule has 5 aromatic rings. The Morgan fingerprint density at radius 1 is 0.966 bits per heavy atom. The molecule has 0 aliphatic heterocycles. The van der Waals surface area contributed by atoms with Crippen LogP contribution in [0.2, 0.25) is 0 Å². The van der Waals surface area contributed by atoms with Gasteiger partial charge >= 0.3 is 0 Å². The number of fused-ring (bicyclic) bond motifs is 1. The van der Waals surface area contributed by atoms with E-state index in [9.17, 15) is 4.79 Å². The van der Waals surface area contributed by atoms with Crippen LogP contribution >= 0.6 is 34.0 Å². The average molecular weight is 434 g/mol. The van der Waals surface area contributed by atoms with Crippen molar-refractivity contribution in [3.05, 3.63) is 87.0 Å². The smallest absolute Gasteiger partial charge is 0.275 e. The fraction of sp³-hybridized carbons (Fsp3) is 0.0455. The molecule has 0 fully saturated rings. The van der Waals surface area contributed by atoms with Gasteiger partial charge in [-0.05, 0) is 41.3 Å². The highest BCUT2D eigenvalue weighted by atomic mass is 32.1. The van der Waals surface area contributed by atoms with Gasteiger partial charge in [-0.2, -0.15) is 11.3 Å². The number of amides is 1. The van der Waals surface area contributed by atoms with Crippen molar-refractivity contribution < 1.29 is 4.79 Å². The molecule has 0 bridgehead atoms. The molecule has 1 amide bonds. The molecule has 0 radical (unpaired) electrons. The fourth-order valence-corrected chi connectivity index (χ4v) is 5.48. The lowest BCUT2D eigenvalue weighted by Gasteiger charge is -2.04. The van der Waals surface area contributed by atoms with Gasteiger partial charge in [0.15, 0.2) is 0 Å². The lowest BCUT2D eigenvalue weighted by Crippen LogP contribution is -2.12. The van der Waals surface area contributed by atoms with Crippen LogP contribution in [0, 0.1) is 0 Å². The van der Waals surface area contributed by atoms with E-state index in [0.717, 1.165) is 38.8 Å². The maximum Gasteiger partial charge on any atom is 0.275 e. The quantitative estimate of drug-likeness (QED) is 0.353. The minimum absolute atomic E-state index is 0.193. The number of carbonyl (C=O) groups is 1. The number of anilines is 1. The SMILES string of the molecule is O=C(Nc1ccc(Cc2nc3ccccc3s2)cc1)c1csc(-c2ccsc2)n1. The van der Waals surface area contributed by atoms with Crippen molar-refractivity contribution in [1.29, 1.82) is 0 Å². The molecular formula is C22H15N3OS3. The van der Waals surface area contributed by atoms with Crippen LogP contribution in [0.5, 0.6) is 0 Å². The molecule has 4 nitrogen and oxygen atoms in total. The first-order valence-electron chi connectivity index (χ1n) is 8.97. The predicted molar refractivity (Wildman–Crippen MR) is 122 cm³/mol. The summed E-state index contributed by atoms with van der Waals surface area (Å²) in [5, 5.41) is 10.7. The van der Waals surface area contributed by atoms with Crippen molar-refractivity contribution in [1.82, 2.24) is 9.97 Å². The molecule has 0 saturated heterocycles. The summed E-state index contributed by atoms with van der Waals surface area (Å²) in [7, 11) is 0. The van der Waals surface area contributed by atoms with Gasteiger partial charge in [-0.15, -0.1) is 22.7 Å². The molecule has 3 heterocycles. The Labute approximate surface area is 179 Å². The van der Waals surface area contributed by atoms with E-state index in [4.69, 9.17) is 0 Å². The van der Waals surface area contributed by atoms with Crippen LogP contribution in [-0.4, -0.2) is 15.9 Å². The molecule has 0 saturated carbocycles. The van der Waals surface area contributed by atoms with Gasteiger partial charge in [0.1, 0.15) is 10.7 Å². The summed E-state index contributed by atoms with van der Waals surface area (Å²) in [6.45, 7) is 0.